The number of carbonyl (C=O) groups excluding carboxylic acids is 2. The van der Waals surface area contributed by atoms with Crippen LogP contribution in [0.5, 0.6) is 11.5 Å². The van der Waals surface area contributed by atoms with Gasteiger partial charge < -0.3 is 15.9 Å². The number of rotatable bonds is 0. The maximum absolute atomic E-state index is 9.50. The quantitative estimate of drug-likeness (QED) is 0.0670. The fraction of sp³-hybridized carbons (Fsp3) is 0.214. The number of terminal acetylenes is 2. The first-order chi connectivity index (χ1) is 21.8. The summed E-state index contributed by atoms with van der Waals surface area (Å²) in [7, 11) is 3.10. The molecule has 4 aromatic rings. The molecule has 256 valence electrons. The molecule has 7 heteroatoms. The predicted octanol–water partition coefficient (Wildman–Crippen LogP) is 6.28. The number of hydrogen-bond acceptors (Lipinski definition) is 6. The fourth-order valence-electron chi connectivity index (χ4n) is 3.03. The van der Waals surface area contributed by atoms with Crippen LogP contribution in [0.3, 0.4) is 0 Å². The molecule has 0 spiro atoms. The Bertz CT molecular complexity index is 1680. The molecule has 0 heterocycles. The monoisotopic (exact) mass is 672 g/mol. The second-order valence-electron chi connectivity index (χ2n) is 7.32. The van der Waals surface area contributed by atoms with Crippen LogP contribution in [0.4, 0.5) is 0 Å². The van der Waals surface area contributed by atoms with Gasteiger partial charge in [-0.05, 0) is 67.0 Å². The number of aryl methyl sites for hydroxylation is 2. The molecule has 0 aliphatic carbocycles. The molecule has 0 radical (unpaired) electrons. The van der Waals surface area contributed by atoms with Gasteiger partial charge in [-0.2, -0.15) is 21.2 Å². The van der Waals surface area contributed by atoms with Crippen LogP contribution in [0.25, 0.3) is 21.5 Å². The van der Waals surface area contributed by atoms with Crippen molar-refractivity contribution < 1.29 is 52.2 Å². The zero-order chi connectivity index (χ0) is 34.9. The largest absolute Gasteiger partial charge is 1.00 e. The first kappa shape index (κ1) is 59.1. The van der Waals surface area contributed by atoms with Gasteiger partial charge in [-0.25, -0.2) is 4.99 Å². The van der Waals surface area contributed by atoms with Gasteiger partial charge in [0.25, 0.3) is 0 Å². The summed E-state index contributed by atoms with van der Waals surface area (Å²) in [5.41, 5.74) is 16.6. The maximum atomic E-state index is 9.50. The van der Waals surface area contributed by atoms with E-state index in [0.29, 0.717) is 5.75 Å². The number of phenolic OH excluding ortho intramolecular Hbond substituents is 2. The van der Waals surface area contributed by atoms with Crippen LogP contribution < -0.4 is 35.3 Å². The molecule has 49 heavy (non-hydrogen) atoms. The minimum atomic E-state index is 0. The Morgan fingerprint density at radius 3 is 1.57 bits per heavy atom. The third-order valence-corrected chi connectivity index (χ3v) is 4.74. The normalized spacial score (nSPS) is 6.55. The molecule has 0 saturated carbocycles. The van der Waals surface area contributed by atoms with Crippen molar-refractivity contribution in [2.24, 2.45) is 10.7 Å². The van der Waals surface area contributed by atoms with Crippen LogP contribution in [0, 0.1) is 56.4 Å². The predicted molar refractivity (Wildman–Crippen MR) is 209 cm³/mol. The van der Waals surface area contributed by atoms with Gasteiger partial charge in [0.1, 0.15) is 5.75 Å². The molecular formula is C42H53N2NaO4. The Labute approximate surface area is 320 Å². The van der Waals surface area contributed by atoms with E-state index in [1.807, 2.05) is 82.3 Å². The number of fused-ring (bicyclic) bond motifs is 2. The van der Waals surface area contributed by atoms with E-state index in [-0.39, 0.29) is 66.6 Å². The van der Waals surface area contributed by atoms with E-state index >= 15 is 0 Å². The Hall–Kier alpha value is -5.41. The van der Waals surface area contributed by atoms with E-state index in [1.54, 1.807) is 19.2 Å². The van der Waals surface area contributed by atoms with Crippen molar-refractivity contribution in [3.63, 3.8) is 0 Å². The second-order valence-corrected chi connectivity index (χ2v) is 7.32. The molecule has 0 amide bonds. The third kappa shape index (κ3) is 27.4. The van der Waals surface area contributed by atoms with Crippen LogP contribution in [-0.4, -0.2) is 36.3 Å². The van der Waals surface area contributed by atoms with Crippen molar-refractivity contribution in [3.8, 4) is 48.0 Å². The number of nitrogens with two attached hydrogens (primary N) is 1. The van der Waals surface area contributed by atoms with Crippen molar-refractivity contribution in [1.29, 1.82) is 0 Å². The Morgan fingerprint density at radius 2 is 1.18 bits per heavy atom. The summed E-state index contributed by atoms with van der Waals surface area (Å²) >= 11 is 0. The van der Waals surface area contributed by atoms with Crippen LogP contribution in [0.2, 0.25) is 0 Å². The molecule has 0 aliphatic heterocycles. The summed E-state index contributed by atoms with van der Waals surface area (Å²) in [5.74, 6) is 11.6. The minimum Gasteiger partial charge on any atom is -0.533 e. The first-order valence-electron chi connectivity index (χ1n) is 13.2. The summed E-state index contributed by atoms with van der Waals surface area (Å²) in [4.78, 5) is 19.7. The molecule has 0 atom stereocenters. The summed E-state index contributed by atoms with van der Waals surface area (Å²) in [5, 5.41) is 23.0. The molecule has 4 N–H and O–H groups in total. The number of aliphatic imine (C=N–C) groups is 1. The van der Waals surface area contributed by atoms with Crippen molar-refractivity contribution in [1.82, 2.24) is 0 Å². The van der Waals surface area contributed by atoms with E-state index in [0.717, 1.165) is 27.1 Å². The Balaban J connectivity index is -0.0000000614. The molecule has 0 aliphatic rings. The maximum Gasteiger partial charge on any atom is 1.00 e. The van der Waals surface area contributed by atoms with Gasteiger partial charge in [0, 0.05) is 38.4 Å². The molecule has 0 fully saturated rings. The van der Waals surface area contributed by atoms with E-state index in [1.165, 1.54) is 12.6 Å². The van der Waals surface area contributed by atoms with Crippen molar-refractivity contribution >= 4 is 33.6 Å². The number of phenols is 2. The van der Waals surface area contributed by atoms with Crippen LogP contribution in [-0.2, 0) is 9.59 Å². The molecule has 6 nitrogen and oxygen atoms in total. The average Bonchev–Trinajstić information content (AvgIpc) is 3.09. The Morgan fingerprint density at radius 1 is 0.755 bits per heavy atom. The number of benzene rings is 4. The molecule has 4 aromatic carbocycles. The smallest absolute Gasteiger partial charge is 0.533 e. The minimum absolute atomic E-state index is 0. The molecule has 0 unspecified atom stereocenters. The van der Waals surface area contributed by atoms with Gasteiger partial charge in [0.15, 0.2) is 0 Å². The number of hydrogen-bond donors (Lipinski definition) is 3. The topological polar surface area (TPSA) is 113 Å². The van der Waals surface area contributed by atoms with Crippen molar-refractivity contribution in [3.05, 3.63) is 113 Å². The van der Waals surface area contributed by atoms with Crippen LogP contribution in [0.1, 0.15) is 50.1 Å². The molecular weight excluding hydrogens is 619 g/mol. The van der Waals surface area contributed by atoms with Gasteiger partial charge in [0.2, 0.25) is 0 Å². The second kappa shape index (κ2) is 42.6. The first-order valence-corrected chi connectivity index (χ1v) is 13.2. The van der Waals surface area contributed by atoms with Crippen LogP contribution >= 0.6 is 0 Å². The number of nitrogens with zero attached hydrogens (tertiary/aromatic N) is 1. The van der Waals surface area contributed by atoms with E-state index in [2.05, 4.69) is 75.8 Å². The van der Waals surface area contributed by atoms with Gasteiger partial charge in [-0.3, -0.25) is 0 Å². The van der Waals surface area contributed by atoms with Gasteiger partial charge in [-0.15, -0.1) is 30.4 Å². The number of aromatic hydroxyl groups is 2. The molecule has 0 bridgehead atoms. The standard InChI is InChI=1S/C11H10O.C11H9O.C7H5N.C6H2.C2H6.CH5N.CO2.3CH4.Na.2H2/c2*1-8-6-7-11(12)10-5-3-2-4-9(8)10;1-3-4-5-6-7-8-2;1-3-5-6-4-2;2*1-2;2-1-3;;;;;;/h2-7,12H,1H3;2-6,12H,1H3;1H2,2H3;1-2H;1-2H3;2H2,1H3;;3*1H4;;2*1H/q;-1;;;;;;;;;+1;;. The summed E-state index contributed by atoms with van der Waals surface area (Å²) in [6.07, 6.45) is 9.64. The zero-order valence-electron chi connectivity index (χ0n) is 27.4. The Kier molecular flexibility index (Phi) is 51.3. The van der Waals surface area contributed by atoms with E-state index in [4.69, 9.17) is 22.4 Å². The van der Waals surface area contributed by atoms with Crippen molar-refractivity contribution in [2.45, 2.75) is 50.0 Å². The van der Waals surface area contributed by atoms with Gasteiger partial charge in [0.05, 0.1) is 0 Å². The summed E-state index contributed by atoms with van der Waals surface area (Å²) in [6, 6.07) is 23.9. The average molecular weight is 673 g/mol. The molecule has 4 rings (SSSR count). The third-order valence-electron chi connectivity index (χ3n) is 4.74. The zero-order valence-corrected chi connectivity index (χ0v) is 29.4. The summed E-state index contributed by atoms with van der Waals surface area (Å²) < 4.78 is 0. The van der Waals surface area contributed by atoms with Crippen molar-refractivity contribution in [2.75, 3.05) is 14.1 Å². The van der Waals surface area contributed by atoms with Crippen LogP contribution in [0.15, 0.2) is 101 Å². The molecule has 0 aromatic heterocycles. The summed E-state index contributed by atoms with van der Waals surface area (Å²) in [6.45, 7) is 11.3. The van der Waals surface area contributed by atoms with Gasteiger partial charge in [-0.1, -0.05) is 103 Å². The van der Waals surface area contributed by atoms with Gasteiger partial charge >= 0.3 is 35.7 Å². The van der Waals surface area contributed by atoms with E-state index < -0.39 is 0 Å². The SMILES string of the molecule is C.C.C.C#CC#CC#C.C=C=C=C=C=C=NC.CC.CN.Cc1c[c-]c(O)c2ccccc12.Cc1ccc(O)c2ccccc12.O=C=O.[HH].[HH].[Na+]. The fourth-order valence-corrected chi connectivity index (χ4v) is 3.03. The molecule has 0 saturated heterocycles. The van der Waals surface area contributed by atoms with E-state index in [9.17, 15) is 10.2 Å².